The van der Waals surface area contributed by atoms with E-state index < -0.39 is 19.0 Å². The highest BCUT2D eigenvalue weighted by atomic mass is 19.3. The first-order valence-electron chi connectivity index (χ1n) is 9.73. The quantitative estimate of drug-likeness (QED) is 0.788. The van der Waals surface area contributed by atoms with Crippen molar-refractivity contribution in [2.75, 3.05) is 39.4 Å². The van der Waals surface area contributed by atoms with Gasteiger partial charge in [0.2, 0.25) is 11.8 Å². The zero-order valence-corrected chi connectivity index (χ0v) is 15.2. The highest BCUT2D eigenvalue weighted by molar-refractivity contribution is 5.83. The van der Waals surface area contributed by atoms with Crippen LogP contribution in [0.1, 0.15) is 38.5 Å². The van der Waals surface area contributed by atoms with E-state index in [4.69, 9.17) is 4.74 Å². The van der Waals surface area contributed by atoms with E-state index in [0.29, 0.717) is 19.6 Å². The predicted molar refractivity (Wildman–Crippen MR) is 91.9 cm³/mol. The minimum atomic E-state index is -2.47. The molecule has 8 heteroatoms. The number of morpholine rings is 1. The maximum absolute atomic E-state index is 12.7. The fourth-order valence-electron chi connectivity index (χ4n) is 4.28. The summed E-state index contributed by atoms with van der Waals surface area (Å²) in [5, 5.41) is 2.96. The normalized spacial score (nSPS) is 30.6. The summed E-state index contributed by atoms with van der Waals surface area (Å²) >= 11 is 0. The Labute approximate surface area is 153 Å². The van der Waals surface area contributed by atoms with E-state index in [1.807, 2.05) is 4.90 Å². The zero-order chi connectivity index (χ0) is 18.5. The maximum Gasteiger partial charge on any atom is 0.251 e. The zero-order valence-electron chi connectivity index (χ0n) is 15.2. The third kappa shape index (κ3) is 4.91. The van der Waals surface area contributed by atoms with Crippen LogP contribution in [0.15, 0.2) is 0 Å². The molecule has 26 heavy (non-hydrogen) atoms. The fourth-order valence-corrected chi connectivity index (χ4v) is 4.28. The first-order chi connectivity index (χ1) is 12.5. The average molecular weight is 373 g/mol. The predicted octanol–water partition coefficient (Wildman–Crippen LogP) is 1.25. The number of hydrogen-bond acceptors (Lipinski definition) is 4. The molecule has 1 unspecified atom stereocenters. The molecule has 0 bridgehead atoms. The van der Waals surface area contributed by atoms with Gasteiger partial charge in [0, 0.05) is 31.6 Å². The Kier molecular flexibility index (Phi) is 6.80. The number of halogens is 2. The van der Waals surface area contributed by atoms with Crippen LogP contribution in [0.5, 0.6) is 0 Å². The summed E-state index contributed by atoms with van der Waals surface area (Å²) < 4.78 is 30.8. The molecule has 0 aromatic rings. The molecule has 3 aliphatic rings. The fraction of sp³-hybridized carbons (Fsp3) is 0.889. The molecule has 0 aromatic carbocycles. The number of carbonyl (C=O) groups is 2. The van der Waals surface area contributed by atoms with E-state index in [9.17, 15) is 18.4 Å². The largest absolute Gasteiger partial charge is 0.378 e. The minimum Gasteiger partial charge on any atom is -0.378 e. The summed E-state index contributed by atoms with van der Waals surface area (Å²) in [5.74, 6) is -0.0821. The highest BCUT2D eigenvalue weighted by Gasteiger charge is 2.36. The van der Waals surface area contributed by atoms with Gasteiger partial charge in [-0.25, -0.2) is 8.78 Å². The topological polar surface area (TPSA) is 61.9 Å². The SMILES string of the molecule is O=C(N[C@H]1CC[C@@H](C(=O)N2CCCCC2)C1)C1COCCN1CC(F)F. The van der Waals surface area contributed by atoms with Crippen molar-refractivity contribution in [3.8, 4) is 0 Å². The molecule has 2 saturated heterocycles. The Hall–Kier alpha value is -1.28. The number of carbonyl (C=O) groups excluding carboxylic acids is 2. The molecule has 3 rings (SSSR count). The number of amides is 2. The van der Waals surface area contributed by atoms with Gasteiger partial charge in [-0.1, -0.05) is 0 Å². The van der Waals surface area contributed by atoms with Crippen LogP contribution in [0.2, 0.25) is 0 Å². The number of likely N-dealkylation sites (tertiary alicyclic amines) is 1. The lowest BCUT2D eigenvalue weighted by Crippen LogP contribution is -2.56. The average Bonchev–Trinajstić information content (AvgIpc) is 3.10. The van der Waals surface area contributed by atoms with Crippen LogP contribution < -0.4 is 5.32 Å². The lowest BCUT2D eigenvalue weighted by molar-refractivity contribution is -0.137. The second-order valence-electron chi connectivity index (χ2n) is 7.58. The van der Waals surface area contributed by atoms with Crippen LogP contribution >= 0.6 is 0 Å². The first kappa shape index (κ1) is 19.5. The van der Waals surface area contributed by atoms with Gasteiger partial charge in [0.25, 0.3) is 6.43 Å². The molecule has 0 spiro atoms. The van der Waals surface area contributed by atoms with Crippen molar-refractivity contribution in [3.63, 3.8) is 0 Å². The first-order valence-corrected chi connectivity index (χ1v) is 9.73. The van der Waals surface area contributed by atoms with Crippen LogP contribution in [0.25, 0.3) is 0 Å². The summed E-state index contributed by atoms with van der Waals surface area (Å²) in [6, 6.07) is -0.730. The van der Waals surface area contributed by atoms with Crippen molar-refractivity contribution in [2.45, 2.75) is 57.0 Å². The third-order valence-electron chi connectivity index (χ3n) is 5.71. The molecule has 0 aromatic heterocycles. The number of nitrogens with one attached hydrogen (secondary N) is 1. The molecule has 1 saturated carbocycles. The van der Waals surface area contributed by atoms with Gasteiger partial charge in [-0.2, -0.15) is 0 Å². The standard InChI is InChI=1S/C18H29F2N3O3/c19-16(20)11-23-8-9-26-12-15(23)17(24)21-14-5-4-13(10-14)18(25)22-6-2-1-3-7-22/h13-16H,1-12H2,(H,21,24)/t13-,14+,15?/m1/s1. The summed E-state index contributed by atoms with van der Waals surface area (Å²) in [7, 11) is 0. The summed E-state index contributed by atoms with van der Waals surface area (Å²) in [5.41, 5.74) is 0. The van der Waals surface area contributed by atoms with E-state index in [2.05, 4.69) is 5.32 Å². The molecular formula is C18H29F2N3O3. The molecule has 1 N–H and O–H groups in total. The third-order valence-corrected chi connectivity index (χ3v) is 5.71. The molecule has 148 valence electrons. The molecule has 1 aliphatic carbocycles. The van der Waals surface area contributed by atoms with E-state index in [1.54, 1.807) is 0 Å². The van der Waals surface area contributed by atoms with E-state index >= 15 is 0 Å². The number of alkyl halides is 2. The van der Waals surface area contributed by atoms with Gasteiger partial charge < -0.3 is 15.0 Å². The lowest BCUT2D eigenvalue weighted by Gasteiger charge is -2.34. The van der Waals surface area contributed by atoms with Crippen molar-refractivity contribution < 1.29 is 23.1 Å². The molecule has 2 heterocycles. The molecule has 6 nitrogen and oxygen atoms in total. The lowest BCUT2D eigenvalue weighted by atomic mass is 10.0. The summed E-state index contributed by atoms with van der Waals surface area (Å²) in [6.07, 6.45) is 3.04. The van der Waals surface area contributed by atoms with Gasteiger partial charge in [0.1, 0.15) is 6.04 Å². The monoisotopic (exact) mass is 373 g/mol. The number of nitrogens with zero attached hydrogens (tertiary/aromatic N) is 2. The number of ether oxygens (including phenoxy) is 1. The molecule has 0 radical (unpaired) electrons. The van der Waals surface area contributed by atoms with E-state index in [0.717, 1.165) is 38.8 Å². The van der Waals surface area contributed by atoms with Gasteiger partial charge in [-0.15, -0.1) is 0 Å². The number of rotatable bonds is 5. The molecular weight excluding hydrogens is 344 g/mol. The smallest absolute Gasteiger partial charge is 0.251 e. The van der Waals surface area contributed by atoms with Gasteiger partial charge in [-0.3, -0.25) is 14.5 Å². The van der Waals surface area contributed by atoms with Crippen LogP contribution in [-0.2, 0) is 14.3 Å². The van der Waals surface area contributed by atoms with Gasteiger partial charge in [0.15, 0.2) is 0 Å². The Morgan fingerprint density at radius 2 is 1.88 bits per heavy atom. The van der Waals surface area contributed by atoms with E-state index in [1.165, 1.54) is 11.3 Å². The Morgan fingerprint density at radius 1 is 1.12 bits per heavy atom. The minimum absolute atomic E-state index is 0.0295. The maximum atomic E-state index is 12.7. The second kappa shape index (κ2) is 9.08. The highest BCUT2D eigenvalue weighted by Crippen LogP contribution is 2.28. The summed E-state index contributed by atoms with van der Waals surface area (Å²) in [6.45, 7) is 2.11. The van der Waals surface area contributed by atoms with E-state index in [-0.39, 0.29) is 30.4 Å². The number of hydrogen-bond donors (Lipinski definition) is 1. The molecule has 2 aliphatic heterocycles. The Bertz CT molecular complexity index is 500. The van der Waals surface area contributed by atoms with Crippen molar-refractivity contribution in [3.05, 3.63) is 0 Å². The van der Waals surface area contributed by atoms with Crippen LogP contribution in [0, 0.1) is 5.92 Å². The number of piperidine rings is 1. The van der Waals surface area contributed by atoms with Crippen molar-refractivity contribution in [1.29, 1.82) is 0 Å². The van der Waals surface area contributed by atoms with Crippen LogP contribution in [-0.4, -0.2) is 79.5 Å². The molecule has 3 atom stereocenters. The van der Waals surface area contributed by atoms with Crippen LogP contribution in [0.4, 0.5) is 8.78 Å². The summed E-state index contributed by atoms with van der Waals surface area (Å²) in [4.78, 5) is 28.6. The second-order valence-corrected chi connectivity index (χ2v) is 7.58. The van der Waals surface area contributed by atoms with Gasteiger partial charge >= 0.3 is 0 Å². The van der Waals surface area contributed by atoms with Gasteiger partial charge in [0.05, 0.1) is 19.8 Å². The van der Waals surface area contributed by atoms with Crippen molar-refractivity contribution in [1.82, 2.24) is 15.1 Å². The van der Waals surface area contributed by atoms with Crippen LogP contribution in [0.3, 0.4) is 0 Å². The molecule has 2 amide bonds. The Balaban J connectivity index is 1.49. The van der Waals surface area contributed by atoms with Gasteiger partial charge in [-0.05, 0) is 38.5 Å². The van der Waals surface area contributed by atoms with Crippen molar-refractivity contribution in [2.24, 2.45) is 5.92 Å². The Morgan fingerprint density at radius 3 is 2.62 bits per heavy atom. The molecule has 3 fully saturated rings. The van der Waals surface area contributed by atoms with Crippen molar-refractivity contribution >= 4 is 11.8 Å².